The summed E-state index contributed by atoms with van der Waals surface area (Å²) in [5.41, 5.74) is 8.16. The van der Waals surface area contributed by atoms with Crippen LogP contribution < -0.4 is 0 Å². The summed E-state index contributed by atoms with van der Waals surface area (Å²) < 4.78 is 0. The van der Waals surface area contributed by atoms with Crippen LogP contribution in [0.25, 0.3) is 6.08 Å². The van der Waals surface area contributed by atoms with Crippen LogP contribution in [0.2, 0.25) is 0 Å². The smallest absolute Gasteiger partial charge is 0.00271 e. The van der Waals surface area contributed by atoms with Crippen molar-refractivity contribution in [2.24, 2.45) is 29.6 Å². The highest BCUT2D eigenvalue weighted by atomic mass is 31.0. The van der Waals surface area contributed by atoms with E-state index >= 15 is 0 Å². The zero-order chi connectivity index (χ0) is 34.5. The van der Waals surface area contributed by atoms with Gasteiger partial charge in [-0.2, -0.15) is 0 Å². The third-order valence-electron chi connectivity index (χ3n) is 9.11. The number of terminal acetylenes is 1. The number of benzene rings is 1. The van der Waals surface area contributed by atoms with Gasteiger partial charge >= 0.3 is 0 Å². The molecule has 0 spiro atoms. The number of rotatable bonds is 4. The summed E-state index contributed by atoms with van der Waals surface area (Å²) in [5.74, 6) is 10.0. The van der Waals surface area contributed by atoms with Gasteiger partial charge in [-0.25, -0.2) is 0 Å². The Labute approximate surface area is 282 Å². The SMILES string of the molecule is C#C.CC.CC.CC#CC.CC1CCC(C)CC1.CCCc1ccc2c(c1/C=C(\C)C1CCC(C)CC1)CC(C)CC2.CP. The molecule has 2 saturated carbocycles. The lowest BCUT2D eigenvalue weighted by Crippen LogP contribution is -2.15. The summed E-state index contributed by atoms with van der Waals surface area (Å²) in [7, 11) is 2.42. The highest BCUT2D eigenvalue weighted by Crippen LogP contribution is 2.36. The summed E-state index contributed by atoms with van der Waals surface area (Å²) in [4.78, 5) is 0. The van der Waals surface area contributed by atoms with Crippen molar-refractivity contribution in [3.05, 3.63) is 40.0 Å². The van der Waals surface area contributed by atoms with Crippen LogP contribution in [0, 0.1) is 54.3 Å². The molecular weight excluding hydrogens is 547 g/mol. The van der Waals surface area contributed by atoms with Gasteiger partial charge in [-0.15, -0.1) is 33.9 Å². The third-order valence-corrected chi connectivity index (χ3v) is 9.11. The number of hydrogen-bond acceptors (Lipinski definition) is 0. The molecule has 0 heterocycles. The molecule has 254 valence electrons. The first-order chi connectivity index (χ1) is 21.3. The van der Waals surface area contributed by atoms with Crippen molar-refractivity contribution >= 4 is 15.3 Å². The molecule has 44 heavy (non-hydrogen) atoms. The standard InChI is InChI=1S/C24H36.C8H16.C4H6.2C2H6.C2H2.CH5P/c1-5-6-21-13-14-22-12-9-18(3)15-23(22)24(21)16-19(4)20-10-7-17(2)8-11-20;1-7-3-5-8(2)6-4-7;1-3-4-2;4*1-2/h13-14,16-18,20H,5-12,15H2,1-4H3;7-8H,3-6H2,1-2H3;1-2H3;2*1-2H3;1-2H;2H2,1H3/b19-16+;;;;;;. The van der Waals surface area contributed by atoms with Gasteiger partial charge in [0.15, 0.2) is 0 Å². The predicted octanol–water partition coefficient (Wildman–Crippen LogP) is 13.6. The van der Waals surface area contributed by atoms with Gasteiger partial charge in [0, 0.05) is 0 Å². The molecule has 0 N–H and O–H groups in total. The van der Waals surface area contributed by atoms with Crippen LogP contribution in [0.4, 0.5) is 0 Å². The zero-order valence-corrected chi connectivity index (χ0v) is 33.2. The van der Waals surface area contributed by atoms with Crippen molar-refractivity contribution in [3.8, 4) is 24.7 Å². The third kappa shape index (κ3) is 19.8. The maximum atomic E-state index is 4.00. The molecule has 0 bridgehead atoms. The molecule has 3 aliphatic rings. The number of aryl methyl sites for hydroxylation is 2. The molecule has 4 rings (SSSR count). The second kappa shape index (κ2) is 31.5. The zero-order valence-electron chi connectivity index (χ0n) is 32.0. The van der Waals surface area contributed by atoms with Crippen molar-refractivity contribution in [3.63, 3.8) is 0 Å². The first-order valence-electron chi connectivity index (χ1n) is 18.3. The van der Waals surface area contributed by atoms with Crippen LogP contribution >= 0.6 is 9.24 Å². The van der Waals surface area contributed by atoms with E-state index in [9.17, 15) is 0 Å². The van der Waals surface area contributed by atoms with E-state index in [2.05, 4.69) is 93.7 Å². The quantitative estimate of drug-likeness (QED) is 0.231. The monoisotopic (exact) mass is 625 g/mol. The van der Waals surface area contributed by atoms with Gasteiger partial charge in [0.25, 0.3) is 0 Å². The second-order valence-electron chi connectivity index (χ2n) is 12.6. The van der Waals surface area contributed by atoms with E-state index in [1.165, 1.54) is 83.5 Å². The Morgan fingerprint density at radius 2 is 1.18 bits per heavy atom. The van der Waals surface area contributed by atoms with E-state index in [0.29, 0.717) is 0 Å². The van der Waals surface area contributed by atoms with Gasteiger partial charge in [-0.1, -0.05) is 138 Å². The summed E-state index contributed by atoms with van der Waals surface area (Å²) in [6.45, 7) is 27.9. The maximum Gasteiger partial charge on any atom is -0.00271 e. The average molecular weight is 625 g/mol. The number of hydrogen-bond donors (Lipinski definition) is 0. The fraction of sp³-hybridized carbons (Fsp3) is 0.721. The van der Waals surface area contributed by atoms with Crippen molar-refractivity contribution in [1.82, 2.24) is 0 Å². The van der Waals surface area contributed by atoms with Crippen molar-refractivity contribution in [2.45, 2.75) is 167 Å². The van der Waals surface area contributed by atoms with Gasteiger partial charge < -0.3 is 0 Å². The van der Waals surface area contributed by atoms with E-state index in [4.69, 9.17) is 0 Å². The minimum absolute atomic E-state index is 0.826. The lowest BCUT2D eigenvalue weighted by atomic mass is 9.77. The van der Waals surface area contributed by atoms with E-state index < -0.39 is 0 Å². The summed E-state index contributed by atoms with van der Waals surface area (Å²) in [6.07, 6.45) is 28.5. The number of allylic oxidation sites excluding steroid dienone is 1. The van der Waals surface area contributed by atoms with Crippen molar-refractivity contribution in [1.29, 1.82) is 0 Å². The molecule has 0 nitrogen and oxygen atoms in total. The minimum Gasteiger partial charge on any atom is -0.141 e. The Balaban J connectivity index is -0.000000694. The first-order valence-corrected chi connectivity index (χ1v) is 19.5. The van der Waals surface area contributed by atoms with Crippen LogP contribution in [0.15, 0.2) is 17.7 Å². The Morgan fingerprint density at radius 1 is 0.750 bits per heavy atom. The Morgan fingerprint density at radius 3 is 1.59 bits per heavy atom. The van der Waals surface area contributed by atoms with Crippen LogP contribution in [-0.2, 0) is 19.3 Å². The summed E-state index contributed by atoms with van der Waals surface area (Å²) >= 11 is 0. The highest BCUT2D eigenvalue weighted by Gasteiger charge is 2.22. The van der Waals surface area contributed by atoms with Gasteiger partial charge in [-0.3, -0.25) is 0 Å². The molecule has 1 aromatic rings. The average Bonchev–Trinajstić information content (AvgIpc) is 3.08. The van der Waals surface area contributed by atoms with Crippen LogP contribution in [0.3, 0.4) is 0 Å². The van der Waals surface area contributed by atoms with Crippen LogP contribution in [0.1, 0.15) is 170 Å². The summed E-state index contributed by atoms with van der Waals surface area (Å²) in [5, 5.41) is 0. The van der Waals surface area contributed by atoms with E-state index in [1.807, 2.05) is 48.2 Å². The molecule has 0 saturated heterocycles. The minimum atomic E-state index is 0.826. The van der Waals surface area contributed by atoms with Crippen LogP contribution in [-0.4, -0.2) is 6.66 Å². The van der Waals surface area contributed by atoms with Gasteiger partial charge in [0.05, 0.1) is 0 Å². The Bertz CT molecular complexity index is 876. The molecule has 0 aromatic heterocycles. The molecule has 0 aliphatic heterocycles. The maximum absolute atomic E-state index is 4.00. The summed E-state index contributed by atoms with van der Waals surface area (Å²) in [6, 6.07) is 4.86. The molecule has 3 aliphatic carbocycles. The van der Waals surface area contributed by atoms with E-state index in [0.717, 1.165) is 29.6 Å². The highest BCUT2D eigenvalue weighted by molar-refractivity contribution is 7.15. The van der Waals surface area contributed by atoms with E-state index in [1.54, 1.807) is 27.8 Å². The Kier molecular flexibility index (Phi) is 33.6. The molecule has 0 radical (unpaired) electrons. The molecule has 0 amide bonds. The van der Waals surface area contributed by atoms with Gasteiger partial charge in [0.1, 0.15) is 0 Å². The normalized spacial score (nSPS) is 23.2. The molecule has 2 unspecified atom stereocenters. The fourth-order valence-corrected chi connectivity index (χ4v) is 6.24. The van der Waals surface area contributed by atoms with E-state index in [-0.39, 0.29) is 0 Å². The second-order valence-corrected chi connectivity index (χ2v) is 12.6. The van der Waals surface area contributed by atoms with Gasteiger partial charge in [0.2, 0.25) is 0 Å². The molecule has 1 heteroatoms. The van der Waals surface area contributed by atoms with Crippen LogP contribution in [0.5, 0.6) is 0 Å². The predicted molar refractivity (Wildman–Crippen MR) is 211 cm³/mol. The molecular formula is C43H77P. The molecule has 2 atom stereocenters. The lowest BCUT2D eigenvalue weighted by Gasteiger charge is -2.28. The number of fused-ring (bicyclic) bond motifs is 1. The topological polar surface area (TPSA) is 0 Å². The lowest BCUT2D eigenvalue weighted by molar-refractivity contribution is 0.308. The first kappa shape index (κ1) is 46.9. The van der Waals surface area contributed by atoms with Crippen molar-refractivity contribution < 1.29 is 0 Å². The fourth-order valence-electron chi connectivity index (χ4n) is 6.24. The molecule has 1 aromatic carbocycles. The largest absolute Gasteiger partial charge is 0.141 e. The van der Waals surface area contributed by atoms with Gasteiger partial charge in [-0.05, 0) is 111 Å². The Hall–Kier alpha value is -1.49. The van der Waals surface area contributed by atoms with Crippen molar-refractivity contribution in [2.75, 3.05) is 6.66 Å². The molecule has 2 fully saturated rings.